The Labute approximate surface area is 69.5 Å². The molecule has 0 bridgehead atoms. The zero-order valence-corrected chi connectivity index (χ0v) is 6.72. The van der Waals surface area contributed by atoms with Crippen molar-refractivity contribution in [1.82, 2.24) is 10.6 Å². The third-order valence-corrected chi connectivity index (χ3v) is 2.23. The molecule has 1 saturated carbocycles. The van der Waals surface area contributed by atoms with Crippen LogP contribution in [0.4, 0.5) is 4.79 Å². The van der Waals surface area contributed by atoms with Gasteiger partial charge in [0.1, 0.15) is 0 Å². The molecule has 5 nitrogen and oxygen atoms in total. The Bertz CT molecular complexity index is 253. The summed E-state index contributed by atoms with van der Waals surface area (Å²) in [4.78, 5) is 21.3. The van der Waals surface area contributed by atoms with Crippen LogP contribution < -0.4 is 10.6 Å². The second kappa shape index (κ2) is 2.12. The molecule has 0 radical (unpaired) electrons. The first kappa shape index (κ1) is 7.39. The normalized spacial score (nSPS) is 37.4. The molecule has 0 aromatic rings. The summed E-state index contributed by atoms with van der Waals surface area (Å²) in [6.45, 7) is 1.97. The number of carbonyl (C=O) groups is 2. The molecule has 2 unspecified atom stereocenters. The van der Waals surface area contributed by atoms with Gasteiger partial charge < -0.3 is 15.4 Å². The van der Waals surface area contributed by atoms with E-state index in [9.17, 15) is 9.59 Å². The molecule has 12 heavy (non-hydrogen) atoms. The number of nitrogens with one attached hydrogen (secondary N) is 2. The summed E-state index contributed by atoms with van der Waals surface area (Å²) in [6, 6.07) is 0.00829. The summed E-state index contributed by atoms with van der Waals surface area (Å²) in [5, 5.41) is 5.28. The lowest BCUT2D eigenvalue weighted by atomic mass is 10.3. The van der Waals surface area contributed by atoms with Gasteiger partial charge in [0, 0.05) is 13.3 Å². The van der Waals surface area contributed by atoms with Crippen molar-refractivity contribution >= 4 is 12.0 Å². The molecule has 1 aliphatic carbocycles. The van der Waals surface area contributed by atoms with E-state index < -0.39 is 5.60 Å². The maximum Gasteiger partial charge on any atom is 0.407 e. The summed E-state index contributed by atoms with van der Waals surface area (Å²) in [7, 11) is 0. The van der Waals surface area contributed by atoms with Crippen molar-refractivity contribution in [1.29, 1.82) is 0 Å². The highest BCUT2D eigenvalue weighted by atomic mass is 16.6. The van der Waals surface area contributed by atoms with Crippen molar-refractivity contribution in [2.45, 2.75) is 25.0 Å². The van der Waals surface area contributed by atoms with E-state index >= 15 is 0 Å². The van der Waals surface area contributed by atoms with E-state index in [2.05, 4.69) is 10.6 Å². The Morgan fingerprint density at radius 2 is 2.58 bits per heavy atom. The molecular formula is C7H10N2O3. The van der Waals surface area contributed by atoms with Gasteiger partial charge in [0.2, 0.25) is 5.91 Å². The van der Waals surface area contributed by atoms with E-state index in [4.69, 9.17) is 4.74 Å². The smallest absolute Gasteiger partial charge is 0.407 e. The van der Waals surface area contributed by atoms with E-state index in [1.807, 2.05) is 0 Å². The van der Waals surface area contributed by atoms with Crippen LogP contribution in [0.5, 0.6) is 0 Å². The third kappa shape index (κ3) is 1.01. The van der Waals surface area contributed by atoms with Crippen molar-refractivity contribution in [2.24, 2.45) is 0 Å². The van der Waals surface area contributed by atoms with E-state index in [0.717, 1.165) is 6.42 Å². The highest BCUT2D eigenvalue weighted by Gasteiger charge is 2.61. The molecule has 1 saturated heterocycles. The molecular weight excluding hydrogens is 160 g/mol. The lowest BCUT2D eigenvalue weighted by Crippen LogP contribution is -2.32. The summed E-state index contributed by atoms with van der Waals surface area (Å²) in [5.41, 5.74) is -0.428. The molecule has 2 aliphatic rings. The van der Waals surface area contributed by atoms with E-state index in [1.165, 1.54) is 6.92 Å². The first-order valence-corrected chi connectivity index (χ1v) is 3.86. The second-order valence-corrected chi connectivity index (χ2v) is 3.27. The monoisotopic (exact) mass is 170 g/mol. The molecule has 2 amide bonds. The van der Waals surface area contributed by atoms with E-state index in [-0.39, 0.29) is 18.0 Å². The molecule has 2 fully saturated rings. The van der Waals surface area contributed by atoms with Crippen molar-refractivity contribution in [3.63, 3.8) is 0 Å². The van der Waals surface area contributed by atoms with Crippen LogP contribution >= 0.6 is 0 Å². The van der Waals surface area contributed by atoms with Crippen LogP contribution in [0.2, 0.25) is 0 Å². The standard InChI is InChI=1S/C7H10N2O3/c1-4(10)9-5-2-7(5)3-8-6(11)12-7/h5H,2-3H2,1H3,(H,8,11)(H,9,10). The zero-order valence-electron chi connectivity index (χ0n) is 6.72. The minimum Gasteiger partial charge on any atom is -0.439 e. The Hall–Kier alpha value is -1.26. The Morgan fingerprint density at radius 3 is 3.08 bits per heavy atom. The van der Waals surface area contributed by atoms with Crippen molar-refractivity contribution in [2.75, 3.05) is 6.54 Å². The number of amides is 2. The van der Waals surface area contributed by atoms with Crippen LogP contribution in [-0.4, -0.2) is 30.2 Å². The molecule has 0 aromatic heterocycles. The minimum atomic E-state index is -0.428. The molecule has 1 aliphatic heterocycles. The quantitative estimate of drug-likeness (QED) is 0.550. The average molecular weight is 170 g/mol. The lowest BCUT2D eigenvalue weighted by Gasteiger charge is -2.06. The van der Waals surface area contributed by atoms with E-state index in [1.54, 1.807) is 0 Å². The zero-order chi connectivity index (χ0) is 8.77. The fraction of sp³-hybridized carbons (Fsp3) is 0.714. The number of rotatable bonds is 1. The van der Waals surface area contributed by atoms with Gasteiger partial charge in [-0.2, -0.15) is 0 Å². The number of carbonyl (C=O) groups excluding carboxylic acids is 2. The minimum absolute atomic E-state index is 0.00829. The maximum absolute atomic E-state index is 10.7. The van der Waals surface area contributed by atoms with Crippen LogP contribution in [0.1, 0.15) is 13.3 Å². The molecule has 5 heteroatoms. The second-order valence-electron chi connectivity index (χ2n) is 3.27. The number of hydrogen-bond acceptors (Lipinski definition) is 3. The number of alkyl carbamates (subject to hydrolysis) is 1. The average Bonchev–Trinajstić information content (AvgIpc) is 2.42. The van der Waals surface area contributed by atoms with Crippen LogP contribution in [0.3, 0.4) is 0 Å². The SMILES string of the molecule is CC(=O)NC1CC12CNC(=O)O2. The first-order chi connectivity index (χ1) is 5.62. The molecule has 66 valence electrons. The maximum atomic E-state index is 10.7. The first-order valence-electron chi connectivity index (χ1n) is 3.86. The molecule has 2 N–H and O–H groups in total. The summed E-state index contributed by atoms with van der Waals surface area (Å²) < 4.78 is 5.01. The van der Waals surface area contributed by atoms with Crippen molar-refractivity contribution < 1.29 is 14.3 Å². The highest BCUT2D eigenvalue weighted by Crippen LogP contribution is 2.41. The Balaban J connectivity index is 1.93. The van der Waals surface area contributed by atoms with Crippen LogP contribution in [0.25, 0.3) is 0 Å². The van der Waals surface area contributed by atoms with Crippen LogP contribution in [-0.2, 0) is 9.53 Å². The Kier molecular flexibility index (Phi) is 1.31. The van der Waals surface area contributed by atoms with Gasteiger partial charge in [-0.15, -0.1) is 0 Å². The largest absolute Gasteiger partial charge is 0.439 e. The third-order valence-electron chi connectivity index (χ3n) is 2.23. The van der Waals surface area contributed by atoms with Crippen molar-refractivity contribution in [3.05, 3.63) is 0 Å². The summed E-state index contributed by atoms with van der Waals surface area (Å²) >= 11 is 0. The summed E-state index contributed by atoms with van der Waals surface area (Å²) in [5.74, 6) is -0.0835. The van der Waals surface area contributed by atoms with Gasteiger partial charge in [-0.05, 0) is 0 Å². The Morgan fingerprint density at radius 1 is 1.83 bits per heavy atom. The topological polar surface area (TPSA) is 67.4 Å². The van der Waals surface area contributed by atoms with Crippen molar-refractivity contribution in [3.8, 4) is 0 Å². The molecule has 2 atom stereocenters. The number of hydrogen-bond donors (Lipinski definition) is 2. The van der Waals surface area contributed by atoms with Gasteiger partial charge in [-0.1, -0.05) is 0 Å². The fourth-order valence-corrected chi connectivity index (χ4v) is 1.50. The van der Waals surface area contributed by atoms with Gasteiger partial charge in [0.15, 0.2) is 5.60 Å². The lowest BCUT2D eigenvalue weighted by molar-refractivity contribution is -0.119. The van der Waals surface area contributed by atoms with Gasteiger partial charge in [-0.3, -0.25) is 4.79 Å². The fourth-order valence-electron chi connectivity index (χ4n) is 1.50. The van der Waals surface area contributed by atoms with Gasteiger partial charge in [0.25, 0.3) is 0 Å². The highest BCUT2D eigenvalue weighted by molar-refractivity contribution is 5.75. The van der Waals surface area contributed by atoms with Crippen LogP contribution in [0, 0.1) is 0 Å². The van der Waals surface area contributed by atoms with Gasteiger partial charge in [-0.25, -0.2) is 4.79 Å². The van der Waals surface area contributed by atoms with E-state index in [0.29, 0.717) is 6.54 Å². The predicted octanol–water partition coefficient (Wildman–Crippen LogP) is -0.627. The van der Waals surface area contributed by atoms with Crippen LogP contribution in [0.15, 0.2) is 0 Å². The van der Waals surface area contributed by atoms with Gasteiger partial charge >= 0.3 is 6.09 Å². The molecule has 1 spiro atoms. The number of ether oxygens (including phenoxy) is 1. The molecule has 2 rings (SSSR count). The van der Waals surface area contributed by atoms with Gasteiger partial charge in [0.05, 0.1) is 12.6 Å². The molecule has 1 heterocycles. The molecule has 0 aromatic carbocycles. The summed E-state index contributed by atoms with van der Waals surface area (Å²) in [6.07, 6.45) is 0.341. The predicted molar refractivity (Wildman–Crippen MR) is 39.4 cm³/mol.